The number of aromatic nitrogens is 6. The summed E-state index contributed by atoms with van der Waals surface area (Å²) in [5.74, 6) is 2.86. The van der Waals surface area contributed by atoms with Crippen molar-refractivity contribution in [2.24, 2.45) is 0 Å². The molecule has 0 saturated carbocycles. The van der Waals surface area contributed by atoms with Crippen LogP contribution in [0, 0.1) is 0 Å². The minimum Gasteiger partial charge on any atom is -0.457 e. The second-order valence-corrected chi connectivity index (χ2v) is 5.91. The zero-order valence-electron chi connectivity index (χ0n) is 14.1. The summed E-state index contributed by atoms with van der Waals surface area (Å²) in [6.45, 7) is 0. The van der Waals surface area contributed by atoms with E-state index in [4.69, 9.17) is 4.74 Å². The summed E-state index contributed by atoms with van der Waals surface area (Å²) in [6, 6.07) is 19.2. The lowest BCUT2D eigenvalue weighted by atomic mass is 10.2. The highest BCUT2D eigenvalue weighted by atomic mass is 16.5. The lowest BCUT2D eigenvalue weighted by Crippen LogP contribution is -1.88. The van der Waals surface area contributed by atoms with Gasteiger partial charge in [0, 0.05) is 18.0 Å². The van der Waals surface area contributed by atoms with E-state index in [2.05, 4.69) is 25.3 Å². The number of hydrogen-bond donors (Lipinski definition) is 1. The van der Waals surface area contributed by atoms with Gasteiger partial charge in [-0.1, -0.05) is 18.2 Å². The fourth-order valence-corrected chi connectivity index (χ4v) is 2.81. The number of rotatable bonds is 4. The zero-order chi connectivity index (χ0) is 18.1. The van der Waals surface area contributed by atoms with E-state index < -0.39 is 0 Å². The number of nitrogens with one attached hydrogen (secondary N) is 1. The van der Waals surface area contributed by atoms with E-state index in [-0.39, 0.29) is 0 Å². The second-order valence-electron chi connectivity index (χ2n) is 5.91. The summed E-state index contributed by atoms with van der Waals surface area (Å²) >= 11 is 0. The molecule has 0 bridgehead atoms. The Kier molecular flexibility index (Phi) is 3.61. The number of H-pyrrole nitrogens is 1. The fraction of sp³-hybridized carbons (Fsp3) is 0. The largest absolute Gasteiger partial charge is 0.457 e. The Morgan fingerprint density at radius 1 is 0.815 bits per heavy atom. The maximum absolute atomic E-state index is 5.82. The van der Waals surface area contributed by atoms with Gasteiger partial charge in [0.05, 0.1) is 11.8 Å². The van der Waals surface area contributed by atoms with Crippen molar-refractivity contribution in [1.29, 1.82) is 0 Å². The Balaban J connectivity index is 1.41. The number of hydrogen-bond acceptors (Lipinski definition) is 5. The van der Waals surface area contributed by atoms with E-state index in [1.807, 2.05) is 66.9 Å². The first kappa shape index (κ1) is 15.3. The van der Waals surface area contributed by atoms with Crippen LogP contribution in [0.3, 0.4) is 0 Å². The molecule has 0 saturated heterocycles. The molecule has 3 heterocycles. The topological polar surface area (TPSA) is 81.0 Å². The van der Waals surface area contributed by atoms with Gasteiger partial charge < -0.3 is 9.72 Å². The van der Waals surface area contributed by atoms with Crippen molar-refractivity contribution in [3.05, 3.63) is 79.3 Å². The summed E-state index contributed by atoms with van der Waals surface area (Å²) in [5.41, 5.74) is 2.45. The highest BCUT2D eigenvalue weighted by Crippen LogP contribution is 2.26. The van der Waals surface area contributed by atoms with E-state index in [0.29, 0.717) is 11.6 Å². The van der Waals surface area contributed by atoms with Gasteiger partial charge in [-0.25, -0.2) is 9.50 Å². The highest BCUT2D eigenvalue weighted by molar-refractivity contribution is 5.73. The number of para-hydroxylation sites is 1. The van der Waals surface area contributed by atoms with Crippen molar-refractivity contribution in [3.63, 3.8) is 0 Å². The number of ether oxygens (including phenoxy) is 1. The second kappa shape index (κ2) is 6.38. The molecule has 0 radical (unpaired) electrons. The average molecular weight is 354 g/mol. The third-order valence-corrected chi connectivity index (χ3v) is 4.13. The van der Waals surface area contributed by atoms with Crippen molar-refractivity contribution >= 4 is 5.65 Å². The molecular weight excluding hydrogens is 340 g/mol. The third kappa shape index (κ3) is 2.91. The molecule has 7 nitrogen and oxygen atoms in total. The maximum atomic E-state index is 5.82. The van der Waals surface area contributed by atoms with Crippen LogP contribution >= 0.6 is 0 Å². The first-order chi connectivity index (χ1) is 13.4. The van der Waals surface area contributed by atoms with Crippen LogP contribution in [0.4, 0.5) is 0 Å². The van der Waals surface area contributed by atoms with E-state index in [1.165, 1.54) is 0 Å². The van der Waals surface area contributed by atoms with Crippen molar-refractivity contribution in [3.8, 4) is 34.3 Å². The molecule has 0 aliphatic rings. The first-order valence-electron chi connectivity index (χ1n) is 8.41. The van der Waals surface area contributed by atoms with Gasteiger partial charge in [0.2, 0.25) is 0 Å². The van der Waals surface area contributed by atoms with Crippen molar-refractivity contribution in [2.45, 2.75) is 0 Å². The van der Waals surface area contributed by atoms with Crippen LogP contribution in [-0.2, 0) is 0 Å². The molecule has 0 aliphatic carbocycles. The summed E-state index contributed by atoms with van der Waals surface area (Å²) in [6.07, 6.45) is 5.29. The maximum Gasteiger partial charge on any atom is 0.167 e. The molecule has 27 heavy (non-hydrogen) atoms. The average Bonchev–Trinajstić information content (AvgIpc) is 3.36. The standard InChI is InChI=1S/C20H14N6O/c1-2-5-15(6-3-1)27-16-9-7-14(8-10-16)18-23-19(25-24-18)17-13-22-26-12-4-11-21-20(17)26/h1-13H,(H,23,24,25). The molecule has 7 heteroatoms. The molecule has 2 aromatic carbocycles. The molecule has 0 fully saturated rings. The third-order valence-electron chi connectivity index (χ3n) is 4.13. The van der Waals surface area contributed by atoms with Crippen LogP contribution < -0.4 is 4.74 Å². The van der Waals surface area contributed by atoms with Gasteiger partial charge in [-0.15, -0.1) is 10.2 Å². The summed E-state index contributed by atoms with van der Waals surface area (Å²) < 4.78 is 7.52. The van der Waals surface area contributed by atoms with Gasteiger partial charge >= 0.3 is 0 Å². The summed E-state index contributed by atoms with van der Waals surface area (Å²) in [7, 11) is 0. The van der Waals surface area contributed by atoms with Crippen LogP contribution in [0.2, 0.25) is 0 Å². The molecule has 0 atom stereocenters. The molecule has 0 amide bonds. The molecule has 3 aromatic heterocycles. The van der Waals surface area contributed by atoms with Gasteiger partial charge in [0.1, 0.15) is 11.5 Å². The molecule has 5 rings (SSSR count). The Bertz CT molecular complexity index is 1190. The SMILES string of the molecule is c1ccc(Oc2ccc(-c3nnc(-c4cnn5cccnc45)[nH]3)cc2)cc1. The Labute approximate surface area is 154 Å². The highest BCUT2D eigenvalue weighted by Gasteiger charge is 2.13. The number of aromatic amines is 1. The van der Waals surface area contributed by atoms with Crippen molar-refractivity contribution in [2.75, 3.05) is 0 Å². The van der Waals surface area contributed by atoms with E-state index in [9.17, 15) is 0 Å². The molecule has 0 unspecified atom stereocenters. The quantitative estimate of drug-likeness (QED) is 0.528. The molecule has 5 aromatic rings. The van der Waals surface area contributed by atoms with Crippen molar-refractivity contribution < 1.29 is 4.74 Å². The minimum atomic E-state index is 0.628. The first-order valence-corrected chi connectivity index (χ1v) is 8.41. The Morgan fingerprint density at radius 3 is 2.44 bits per heavy atom. The molecule has 130 valence electrons. The van der Waals surface area contributed by atoms with Crippen LogP contribution in [0.15, 0.2) is 79.3 Å². The lowest BCUT2D eigenvalue weighted by Gasteiger charge is -2.05. The van der Waals surface area contributed by atoms with Gasteiger partial charge in [0.25, 0.3) is 0 Å². The van der Waals surface area contributed by atoms with Crippen molar-refractivity contribution in [1.82, 2.24) is 29.8 Å². The van der Waals surface area contributed by atoms with Crippen LogP contribution in [0.25, 0.3) is 28.4 Å². The molecule has 0 aliphatic heterocycles. The fourth-order valence-electron chi connectivity index (χ4n) is 2.81. The number of nitrogens with zero attached hydrogens (tertiary/aromatic N) is 5. The Morgan fingerprint density at radius 2 is 1.59 bits per heavy atom. The zero-order valence-corrected chi connectivity index (χ0v) is 14.1. The predicted octanol–water partition coefficient (Wildman–Crippen LogP) is 3.97. The number of fused-ring (bicyclic) bond motifs is 1. The smallest absolute Gasteiger partial charge is 0.167 e. The Hall–Kier alpha value is -4.00. The normalized spacial score (nSPS) is 11.0. The monoisotopic (exact) mass is 354 g/mol. The van der Waals surface area contributed by atoms with Gasteiger partial charge in [0.15, 0.2) is 17.3 Å². The van der Waals surface area contributed by atoms with Gasteiger partial charge in [-0.3, -0.25) is 0 Å². The van der Waals surface area contributed by atoms with E-state index >= 15 is 0 Å². The van der Waals surface area contributed by atoms with Gasteiger partial charge in [-0.2, -0.15) is 5.10 Å². The molecule has 0 spiro atoms. The molecular formula is C20H14N6O. The summed E-state index contributed by atoms with van der Waals surface area (Å²) in [5, 5.41) is 12.8. The van der Waals surface area contributed by atoms with Gasteiger partial charge in [-0.05, 0) is 42.5 Å². The lowest BCUT2D eigenvalue weighted by molar-refractivity contribution is 0.483. The van der Waals surface area contributed by atoms with Crippen LogP contribution in [0.5, 0.6) is 11.5 Å². The predicted molar refractivity (Wildman–Crippen MR) is 100 cm³/mol. The summed E-state index contributed by atoms with van der Waals surface area (Å²) in [4.78, 5) is 7.58. The minimum absolute atomic E-state index is 0.628. The van der Waals surface area contributed by atoms with E-state index in [0.717, 1.165) is 28.3 Å². The number of benzene rings is 2. The van der Waals surface area contributed by atoms with Crippen LogP contribution in [-0.4, -0.2) is 29.8 Å². The molecule has 1 N–H and O–H groups in total. The van der Waals surface area contributed by atoms with E-state index in [1.54, 1.807) is 16.9 Å². The van der Waals surface area contributed by atoms with Crippen LogP contribution in [0.1, 0.15) is 0 Å².